The molecule has 0 aliphatic carbocycles. The molecular weight excluding hydrogens is 263 g/mol. The molecule has 0 aromatic carbocycles. The second-order valence-electron chi connectivity index (χ2n) is 0. The molecule has 0 aromatic heterocycles. The van der Waals surface area contributed by atoms with Gasteiger partial charge in [-0.3, -0.25) is 0 Å². The fourth-order valence-corrected chi connectivity index (χ4v) is 0. The van der Waals surface area contributed by atoms with Crippen molar-refractivity contribution in [2.45, 2.75) is 0 Å². The van der Waals surface area contributed by atoms with Crippen LogP contribution < -0.4 is 29.6 Å². The van der Waals surface area contributed by atoms with Gasteiger partial charge in [-0.15, -0.1) is 0 Å². The van der Waals surface area contributed by atoms with Gasteiger partial charge in [0.2, 0.25) is 0 Å². The van der Waals surface area contributed by atoms with Gasteiger partial charge in [0.05, 0.1) is 0 Å². The Balaban J connectivity index is 0. The topological polar surface area (TPSA) is 0 Å². The van der Waals surface area contributed by atoms with Crippen LogP contribution in [0.15, 0.2) is 0 Å². The number of hydrogen-bond acceptors (Lipinski definition) is 0. The van der Waals surface area contributed by atoms with Gasteiger partial charge in [0, 0.05) is 0 Å². The average molecular weight is 279 g/mol. The Labute approximate surface area is 84.7 Å². The summed E-state index contributed by atoms with van der Waals surface area (Å²) in [5.41, 5.74) is 0. The Bertz CT molecular complexity index is 7.51. The molecule has 0 amide bonds. The van der Waals surface area contributed by atoms with E-state index in [1.165, 1.54) is 0 Å². The zero-order valence-corrected chi connectivity index (χ0v) is 5.47. The summed E-state index contributed by atoms with van der Waals surface area (Å²) >= 11 is 0. The molecule has 0 rings (SSSR count). The molecule has 40 valence electrons. The van der Waals surface area contributed by atoms with Crippen LogP contribution in [0, 0.1) is 0 Å². The maximum absolute atomic E-state index is 0. The molecular formula is H16AuB4Na. The molecule has 0 atom stereocenters. The van der Waals surface area contributed by atoms with Crippen molar-refractivity contribution in [3.63, 3.8) is 0 Å². The van der Waals surface area contributed by atoms with Crippen LogP contribution in [0.4, 0.5) is 0 Å². The minimum Gasteiger partial charge on any atom is -0.0626 e. The molecule has 0 N–H and O–H groups in total. The Morgan fingerprint density at radius 2 is 0.500 bits per heavy atom. The molecule has 0 heterocycles. The van der Waals surface area contributed by atoms with Crippen LogP contribution in [-0.4, -0.2) is 33.7 Å². The first kappa shape index (κ1) is 98.0. The van der Waals surface area contributed by atoms with Crippen LogP contribution in [0.5, 0.6) is 0 Å². The molecule has 0 unspecified atom stereocenters. The van der Waals surface area contributed by atoms with Crippen molar-refractivity contribution in [2.24, 2.45) is 0 Å². The Kier molecular flexibility index (Phi) is 1030. The van der Waals surface area contributed by atoms with E-state index in [1.54, 1.807) is 0 Å². The molecule has 0 saturated carbocycles. The minimum atomic E-state index is 0. The molecule has 0 radical (unpaired) electrons. The molecule has 0 saturated heterocycles. The second kappa shape index (κ2) is 63.0. The van der Waals surface area contributed by atoms with E-state index in [2.05, 4.69) is 0 Å². The maximum Gasteiger partial charge on any atom is 3.00 e. The monoisotopic (exact) mass is 280 g/mol. The van der Waals surface area contributed by atoms with Crippen LogP contribution in [0.25, 0.3) is 0 Å². The van der Waals surface area contributed by atoms with Gasteiger partial charge < -0.3 is 0 Å². The third-order valence-corrected chi connectivity index (χ3v) is 0. The Morgan fingerprint density at radius 3 is 0.500 bits per heavy atom. The number of hydrogen-bond donors (Lipinski definition) is 0. The summed E-state index contributed by atoms with van der Waals surface area (Å²) in [6.07, 6.45) is 0. The minimum absolute atomic E-state index is 0. The van der Waals surface area contributed by atoms with E-state index in [-0.39, 0.29) is 85.6 Å². The van der Waals surface area contributed by atoms with Crippen LogP contribution in [0.2, 0.25) is 0 Å². The largest absolute Gasteiger partial charge is 3.00 e. The molecule has 0 bridgehead atoms. The summed E-state index contributed by atoms with van der Waals surface area (Å²) in [4.78, 5) is 0. The van der Waals surface area contributed by atoms with E-state index in [9.17, 15) is 0 Å². The van der Waals surface area contributed by atoms with Crippen LogP contribution in [0.1, 0.15) is 0 Å². The fraction of sp³-hybridized carbons (Fsp3) is 0. The van der Waals surface area contributed by atoms with E-state index in [0.717, 1.165) is 0 Å². The fourth-order valence-electron chi connectivity index (χ4n) is 0. The summed E-state index contributed by atoms with van der Waals surface area (Å²) in [5.74, 6) is 0. The van der Waals surface area contributed by atoms with Gasteiger partial charge in [-0.25, -0.2) is 0 Å². The van der Waals surface area contributed by atoms with Crippen molar-refractivity contribution < 1.29 is 51.9 Å². The summed E-state index contributed by atoms with van der Waals surface area (Å²) in [6, 6.07) is 0. The predicted molar refractivity (Wildman–Crippen MR) is 45.3 cm³/mol. The third-order valence-electron chi connectivity index (χ3n) is 0. The molecule has 0 spiro atoms. The van der Waals surface area contributed by atoms with Gasteiger partial charge in [-0.05, 0) is 0 Å². The zero-order valence-electron chi connectivity index (χ0n) is 1.30. The predicted octanol–water partition coefficient (Wildman–Crippen LogP) is -8.80. The first-order valence-corrected chi connectivity index (χ1v) is 0. The van der Waals surface area contributed by atoms with E-state index in [1.807, 2.05) is 0 Å². The molecule has 0 fully saturated rings. The van der Waals surface area contributed by atoms with Crippen molar-refractivity contribution in [1.29, 1.82) is 0 Å². The first-order chi connectivity index (χ1) is 0. The molecule has 0 nitrogen and oxygen atoms in total. The smallest absolute Gasteiger partial charge is 0.0626 e. The molecule has 6 heavy (non-hydrogen) atoms. The van der Waals surface area contributed by atoms with Gasteiger partial charge in [0.25, 0.3) is 0 Å². The van der Waals surface area contributed by atoms with Crippen molar-refractivity contribution in [2.75, 3.05) is 0 Å². The maximum atomic E-state index is 0. The van der Waals surface area contributed by atoms with Crippen LogP contribution in [-0.2, 0) is 22.4 Å². The van der Waals surface area contributed by atoms with E-state index in [0.29, 0.717) is 0 Å². The number of rotatable bonds is 0. The summed E-state index contributed by atoms with van der Waals surface area (Å²) in [6.45, 7) is 0. The quantitative estimate of drug-likeness (QED) is 0.386. The van der Waals surface area contributed by atoms with Crippen molar-refractivity contribution >= 4 is 33.7 Å². The SMILES string of the molecule is [Au+3].[BH4-].[BH4-].[BH4-].[BH4-].[Na+]. The summed E-state index contributed by atoms with van der Waals surface area (Å²) < 4.78 is 0. The van der Waals surface area contributed by atoms with Crippen LogP contribution >= 0.6 is 0 Å². The van der Waals surface area contributed by atoms with E-state index >= 15 is 0 Å². The molecule has 0 aliphatic heterocycles. The Hall–Kier alpha value is 2.00. The molecule has 0 aromatic rings. The second-order valence-corrected chi connectivity index (χ2v) is 0. The van der Waals surface area contributed by atoms with Crippen molar-refractivity contribution in [3.05, 3.63) is 0 Å². The van der Waals surface area contributed by atoms with E-state index in [4.69, 9.17) is 0 Å². The van der Waals surface area contributed by atoms with Crippen LogP contribution in [0.3, 0.4) is 0 Å². The third kappa shape index (κ3) is 37.5. The molecule has 6 heteroatoms. The first-order valence-electron chi connectivity index (χ1n) is 0. The normalized spacial score (nSPS) is 0. The van der Waals surface area contributed by atoms with Gasteiger partial charge in [0.15, 0.2) is 0 Å². The standard InChI is InChI=1S/Au.4BH4.Na/h;4*1H4;/q+3;4*-1;+1. The average Bonchev–Trinajstić information content (AvgIpc) is 0. The van der Waals surface area contributed by atoms with E-state index < -0.39 is 0 Å². The molecule has 0 aliphatic rings. The van der Waals surface area contributed by atoms with Gasteiger partial charge >= 0.3 is 51.9 Å². The Morgan fingerprint density at radius 1 is 0.500 bits per heavy atom. The van der Waals surface area contributed by atoms with Gasteiger partial charge in [-0.1, -0.05) is 33.7 Å². The van der Waals surface area contributed by atoms with Gasteiger partial charge in [-0.2, -0.15) is 0 Å². The summed E-state index contributed by atoms with van der Waals surface area (Å²) in [7, 11) is 0. The summed E-state index contributed by atoms with van der Waals surface area (Å²) in [5, 5.41) is 0. The van der Waals surface area contributed by atoms with Crippen molar-refractivity contribution in [3.8, 4) is 0 Å². The van der Waals surface area contributed by atoms with Crippen molar-refractivity contribution in [1.82, 2.24) is 0 Å². The zero-order chi connectivity index (χ0) is 0. The van der Waals surface area contributed by atoms with Gasteiger partial charge in [0.1, 0.15) is 0 Å².